The number of imidazole rings is 1. The summed E-state index contributed by atoms with van der Waals surface area (Å²) in [5, 5.41) is 4.10. The molecule has 0 spiro atoms. The number of nitrogens with zero attached hydrogens (tertiary/aromatic N) is 5. The van der Waals surface area contributed by atoms with Gasteiger partial charge in [0.25, 0.3) is 6.43 Å². The van der Waals surface area contributed by atoms with Crippen LogP contribution in [0.5, 0.6) is 0 Å². The van der Waals surface area contributed by atoms with Gasteiger partial charge in [0.15, 0.2) is 5.82 Å². The number of fused-ring (bicyclic) bond motifs is 2. The molecule has 0 amide bonds. The number of nitrogens with two attached hydrogens (primary N) is 1. The first kappa shape index (κ1) is 16.4. The molecule has 0 aliphatic heterocycles. The van der Waals surface area contributed by atoms with Crippen LogP contribution < -0.4 is 5.73 Å². The third-order valence-electron chi connectivity index (χ3n) is 4.33. The summed E-state index contributed by atoms with van der Waals surface area (Å²) < 4.78 is 43.3. The van der Waals surface area contributed by atoms with Crippen molar-refractivity contribution in [2.24, 2.45) is 0 Å². The standard InChI is InChI=1S/C17H15F3N6/c1-8-16-11(3-4-26(16)24-17(21)22-8)10-5-12(18)15-13(6-10)25(7-14(19)20)9(2)23-15/h3-6,14H,7H2,1-2H3,(H2,21,24). The number of hydrogen-bond acceptors (Lipinski definition) is 4. The highest BCUT2D eigenvalue weighted by Crippen LogP contribution is 2.32. The number of rotatable bonds is 3. The van der Waals surface area contributed by atoms with E-state index in [0.29, 0.717) is 33.7 Å². The van der Waals surface area contributed by atoms with Crippen LogP contribution in [0.1, 0.15) is 11.5 Å². The molecule has 134 valence electrons. The number of aryl methyl sites for hydroxylation is 2. The third kappa shape index (κ3) is 2.47. The van der Waals surface area contributed by atoms with E-state index in [2.05, 4.69) is 15.1 Å². The summed E-state index contributed by atoms with van der Waals surface area (Å²) in [7, 11) is 0. The van der Waals surface area contributed by atoms with Gasteiger partial charge in [-0.2, -0.15) is 0 Å². The SMILES string of the molecule is Cc1nc(N)nn2ccc(-c3cc(F)c4nc(C)n(CC(F)F)c4c3)c12. The summed E-state index contributed by atoms with van der Waals surface area (Å²) in [4.78, 5) is 8.23. The Bertz CT molecular complexity index is 1140. The highest BCUT2D eigenvalue weighted by atomic mass is 19.3. The van der Waals surface area contributed by atoms with Gasteiger partial charge in [0.1, 0.15) is 11.3 Å². The van der Waals surface area contributed by atoms with E-state index in [-0.39, 0.29) is 11.5 Å². The van der Waals surface area contributed by atoms with E-state index in [0.717, 1.165) is 0 Å². The maximum Gasteiger partial charge on any atom is 0.256 e. The first-order valence-electron chi connectivity index (χ1n) is 7.91. The van der Waals surface area contributed by atoms with Crippen LogP contribution in [0.2, 0.25) is 0 Å². The molecular formula is C17H15F3N6. The number of anilines is 1. The average Bonchev–Trinajstić information content (AvgIpc) is 3.10. The second-order valence-corrected chi connectivity index (χ2v) is 6.06. The van der Waals surface area contributed by atoms with Crippen LogP contribution in [-0.2, 0) is 6.54 Å². The molecule has 4 aromatic rings. The molecule has 4 rings (SSSR count). The van der Waals surface area contributed by atoms with Gasteiger partial charge in [-0.05, 0) is 37.6 Å². The van der Waals surface area contributed by atoms with Crippen LogP contribution in [0.4, 0.5) is 19.1 Å². The lowest BCUT2D eigenvalue weighted by Gasteiger charge is -2.08. The van der Waals surface area contributed by atoms with Crippen molar-refractivity contribution in [1.29, 1.82) is 0 Å². The van der Waals surface area contributed by atoms with Gasteiger partial charge in [-0.3, -0.25) is 0 Å². The van der Waals surface area contributed by atoms with Crippen LogP contribution in [0.3, 0.4) is 0 Å². The van der Waals surface area contributed by atoms with Crippen molar-refractivity contribution in [3.05, 3.63) is 41.7 Å². The lowest BCUT2D eigenvalue weighted by molar-refractivity contribution is 0.127. The average molecular weight is 360 g/mol. The molecule has 3 aromatic heterocycles. The molecular weight excluding hydrogens is 345 g/mol. The number of alkyl halides is 2. The third-order valence-corrected chi connectivity index (χ3v) is 4.33. The minimum Gasteiger partial charge on any atom is -0.367 e. The molecule has 26 heavy (non-hydrogen) atoms. The van der Waals surface area contributed by atoms with Gasteiger partial charge in [-0.15, -0.1) is 5.10 Å². The zero-order valence-electron chi connectivity index (χ0n) is 14.0. The topological polar surface area (TPSA) is 74.0 Å². The molecule has 9 heteroatoms. The Hall–Kier alpha value is -3.10. The normalized spacial score (nSPS) is 11.9. The summed E-state index contributed by atoms with van der Waals surface area (Å²) in [6.45, 7) is 2.81. The molecule has 2 N–H and O–H groups in total. The highest BCUT2D eigenvalue weighted by Gasteiger charge is 2.18. The fraction of sp³-hybridized carbons (Fsp3) is 0.235. The second kappa shape index (κ2) is 5.72. The number of halogens is 3. The molecule has 0 radical (unpaired) electrons. The van der Waals surface area contributed by atoms with Crippen LogP contribution in [0.15, 0.2) is 24.4 Å². The Morgan fingerprint density at radius 2 is 1.96 bits per heavy atom. The van der Waals surface area contributed by atoms with E-state index in [1.165, 1.54) is 10.6 Å². The van der Waals surface area contributed by atoms with Crippen molar-refractivity contribution >= 4 is 22.5 Å². The van der Waals surface area contributed by atoms with Gasteiger partial charge < -0.3 is 10.3 Å². The van der Waals surface area contributed by atoms with Crippen molar-refractivity contribution in [1.82, 2.24) is 24.1 Å². The molecule has 0 unspecified atom stereocenters. The van der Waals surface area contributed by atoms with Crippen molar-refractivity contribution < 1.29 is 13.2 Å². The molecule has 0 saturated heterocycles. The first-order valence-corrected chi connectivity index (χ1v) is 7.91. The molecule has 1 aromatic carbocycles. The lowest BCUT2D eigenvalue weighted by atomic mass is 10.1. The van der Waals surface area contributed by atoms with E-state index in [9.17, 15) is 13.2 Å². The molecule has 6 nitrogen and oxygen atoms in total. The molecule has 0 saturated carbocycles. The van der Waals surface area contributed by atoms with Gasteiger partial charge in [0.05, 0.1) is 23.3 Å². The number of benzene rings is 1. The van der Waals surface area contributed by atoms with E-state index in [4.69, 9.17) is 5.73 Å². The summed E-state index contributed by atoms with van der Waals surface area (Å²) in [6.07, 6.45) is -0.869. The molecule has 3 heterocycles. The van der Waals surface area contributed by atoms with Crippen molar-refractivity contribution in [2.45, 2.75) is 26.8 Å². The monoisotopic (exact) mass is 360 g/mol. The molecule has 0 aliphatic rings. The van der Waals surface area contributed by atoms with Crippen molar-refractivity contribution in [2.75, 3.05) is 5.73 Å². The molecule has 0 atom stereocenters. The minimum absolute atomic E-state index is 0.0765. The van der Waals surface area contributed by atoms with Gasteiger partial charge in [0, 0.05) is 11.8 Å². The molecule has 0 aliphatic carbocycles. The van der Waals surface area contributed by atoms with E-state index in [1.807, 2.05) is 0 Å². The van der Waals surface area contributed by atoms with Crippen LogP contribution in [0, 0.1) is 19.7 Å². The Morgan fingerprint density at radius 3 is 2.69 bits per heavy atom. The predicted molar refractivity (Wildman–Crippen MR) is 91.6 cm³/mol. The minimum atomic E-state index is -2.56. The maximum atomic E-state index is 14.6. The quantitative estimate of drug-likeness (QED) is 0.608. The zero-order chi connectivity index (χ0) is 18.6. The number of aromatic nitrogens is 5. The van der Waals surface area contributed by atoms with E-state index < -0.39 is 18.8 Å². The van der Waals surface area contributed by atoms with E-state index >= 15 is 0 Å². The largest absolute Gasteiger partial charge is 0.367 e. The van der Waals surface area contributed by atoms with Gasteiger partial charge >= 0.3 is 0 Å². The number of hydrogen-bond donors (Lipinski definition) is 1. The maximum absolute atomic E-state index is 14.6. The fourth-order valence-corrected chi connectivity index (χ4v) is 3.28. The van der Waals surface area contributed by atoms with Gasteiger partial charge in [0.2, 0.25) is 5.95 Å². The summed E-state index contributed by atoms with van der Waals surface area (Å²) >= 11 is 0. The number of nitrogen functional groups attached to an aromatic ring is 1. The smallest absolute Gasteiger partial charge is 0.256 e. The second-order valence-electron chi connectivity index (χ2n) is 6.06. The van der Waals surface area contributed by atoms with Crippen LogP contribution in [0.25, 0.3) is 27.7 Å². The lowest BCUT2D eigenvalue weighted by Crippen LogP contribution is -2.08. The predicted octanol–water partition coefficient (Wildman–Crippen LogP) is 3.35. The molecule has 0 bridgehead atoms. The van der Waals surface area contributed by atoms with Crippen LogP contribution in [-0.4, -0.2) is 30.6 Å². The van der Waals surface area contributed by atoms with Crippen LogP contribution >= 0.6 is 0 Å². The Labute approximate surface area is 146 Å². The Balaban J connectivity index is 1.98. The Kier molecular flexibility index (Phi) is 3.60. The van der Waals surface area contributed by atoms with Crippen molar-refractivity contribution in [3.63, 3.8) is 0 Å². The highest BCUT2D eigenvalue weighted by molar-refractivity contribution is 5.89. The summed E-state index contributed by atoms with van der Waals surface area (Å²) in [5.41, 5.74) is 8.58. The van der Waals surface area contributed by atoms with Gasteiger partial charge in [-0.1, -0.05) is 0 Å². The zero-order valence-corrected chi connectivity index (χ0v) is 14.0. The summed E-state index contributed by atoms with van der Waals surface area (Å²) in [6, 6.07) is 4.76. The first-order chi connectivity index (χ1) is 12.3. The van der Waals surface area contributed by atoms with E-state index in [1.54, 1.807) is 36.7 Å². The summed E-state index contributed by atoms with van der Waals surface area (Å²) in [5.74, 6) is -0.100. The van der Waals surface area contributed by atoms with Crippen molar-refractivity contribution in [3.8, 4) is 11.1 Å². The Morgan fingerprint density at radius 1 is 1.19 bits per heavy atom. The fourth-order valence-electron chi connectivity index (χ4n) is 3.28. The molecule has 0 fully saturated rings. The van der Waals surface area contributed by atoms with Gasteiger partial charge in [-0.25, -0.2) is 27.7 Å².